The lowest BCUT2D eigenvalue weighted by molar-refractivity contribution is -0.132. The van der Waals surface area contributed by atoms with Gasteiger partial charge in [0.1, 0.15) is 23.3 Å². The molecule has 0 saturated carbocycles. The number of aliphatic carboxylic acids is 1. The van der Waals surface area contributed by atoms with Gasteiger partial charge in [-0.2, -0.15) is 10.5 Å². The van der Waals surface area contributed by atoms with E-state index < -0.39 is 11.6 Å². The molecule has 4 aromatic rings. The summed E-state index contributed by atoms with van der Waals surface area (Å²) in [4.78, 5) is 30.1. The zero-order valence-corrected chi connectivity index (χ0v) is 25.9. The van der Waals surface area contributed by atoms with Crippen LogP contribution < -0.4 is 10.5 Å². The highest BCUT2D eigenvalue weighted by Crippen LogP contribution is 2.51. The fraction of sp³-hybridized carbons (Fsp3) is 0.294. The van der Waals surface area contributed by atoms with Crippen LogP contribution in [0, 0.1) is 22.7 Å². The molecule has 0 aliphatic carbocycles. The number of thiophene rings is 2. The lowest BCUT2D eigenvalue weighted by Crippen LogP contribution is -2.44. The van der Waals surface area contributed by atoms with Crippen molar-refractivity contribution in [3.63, 3.8) is 0 Å². The Balaban J connectivity index is 1.41. The molecule has 0 bridgehead atoms. The quantitative estimate of drug-likeness (QED) is 0.140. The second-order valence-corrected chi connectivity index (χ2v) is 14.5. The van der Waals surface area contributed by atoms with Gasteiger partial charge in [0.15, 0.2) is 0 Å². The summed E-state index contributed by atoms with van der Waals surface area (Å²) in [6.45, 7) is 11.0. The Morgan fingerprint density at radius 1 is 0.977 bits per heavy atom. The number of hydrogen-bond acceptors (Lipinski definition) is 8. The van der Waals surface area contributed by atoms with Crippen molar-refractivity contribution in [2.24, 2.45) is 0 Å². The molecule has 1 aromatic carbocycles. The van der Waals surface area contributed by atoms with Crippen molar-refractivity contribution in [1.29, 1.82) is 10.5 Å². The van der Waals surface area contributed by atoms with Crippen LogP contribution >= 0.6 is 22.7 Å². The van der Waals surface area contributed by atoms with Gasteiger partial charge in [-0.15, -0.1) is 22.7 Å². The third kappa shape index (κ3) is 4.99. The third-order valence-corrected chi connectivity index (χ3v) is 10.9. The minimum absolute atomic E-state index is 0.0131. The van der Waals surface area contributed by atoms with E-state index in [-0.39, 0.29) is 16.4 Å². The summed E-state index contributed by atoms with van der Waals surface area (Å²) in [5, 5.41) is 29.1. The molecule has 216 valence electrons. The van der Waals surface area contributed by atoms with E-state index in [4.69, 9.17) is 14.8 Å². The fourth-order valence-corrected chi connectivity index (χ4v) is 8.06. The van der Waals surface area contributed by atoms with Crippen molar-refractivity contribution >= 4 is 63.0 Å². The normalized spacial score (nSPS) is 17.3. The minimum Gasteiger partial charge on any atom is -0.477 e. The predicted octanol–water partition coefficient (Wildman–Crippen LogP) is 7.81. The van der Waals surface area contributed by atoms with Crippen molar-refractivity contribution in [1.82, 2.24) is 0 Å². The summed E-state index contributed by atoms with van der Waals surface area (Å²) >= 11 is 2.76. The zero-order valence-electron chi connectivity index (χ0n) is 24.3. The Hall–Kier alpha value is -4.44. The van der Waals surface area contributed by atoms with Crippen LogP contribution in [0.5, 0.6) is 0 Å². The number of anilines is 1. The summed E-state index contributed by atoms with van der Waals surface area (Å²) < 4.78 is 6.08. The van der Waals surface area contributed by atoms with Crippen molar-refractivity contribution in [3.05, 3.63) is 78.8 Å². The highest BCUT2D eigenvalue weighted by molar-refractivity contribution is 7.23. The third-order valence-electron chi connectivity index (χ3n) is 8.56. The largest absolute Gasteiger partial charge is 0.477 e. The fourth-order valence-electron chi connectivity index (χ4n) is 6.04. The average Bonchev–Trinajstić information content (AvgIpc) is 3.63. The van der Waals surface area contributed by atoms with Crippen LogP contribution in [0.2, 0.25) is 0 Å². The van der Waals surface area contributed by atoms with Crippen molar-refractivity contribution < 1.29 is 14.3 Å². The summed E-state index contributed by atoms with van der Waals surface area (Å²) in [5.74, 6) is -1.27. The maximum Gasteiger partial charge on any atom is 0.346 e. The highest BCUT2D eigenvalue weighted by Gasteiger charge is 2.41. The first-order chi connectivity index (χ1) is 20.4. The number of hydrogen-bond donors (Lipinski definition) is 1. The molecule has 7 nitrogen and oxygen atoms in total. The molecule has 9 heteroatoms. The van der Waals surface area contributed by atoms with Gasteiger partial charge in [-0.1, -0.05) is 27.7 Å². The topological polar surface area (TPSA) is 118 Å². The summed E-state index contributed by atoms with van der Waals surface area (Å²) in [6.07, 6.45) is 4.97. The second kappa shape index (κ2) is 10.4. The number of rotatable bonds is 5. The lowest BCUT2D eigenvalue weighted by atomic mass is 9.69. The number of carbonyl (C=O) groups is 1. The molecule has 6 rings (SSSR count). The van der Waals surface area contributed by atoms with Gasteiger partial charge in [0.2, 0.25) is 0 Å². The van der Waals surface area contributed by atoms with Gasteiger partial charge in [0.05, 0.1) is 11.1 Å². The smallest absolute Gasteiger partial charge is 0.346 e. The van der Waals surface area contributed by atoms with E-state index in [0.29, 0.717) is 26.5 Å². The first kappa shape index (κ1) is 28.7. The minimum atomic E-state index is -1.27. The van der Waals surface area contributed by atoms with Crippen molar-refractivity contribution in [2.75, 3.05) is 18.0 Å². The molecule has 0 radical (unpaired) electrons. The number of carboxylic acid groups (broad SMARTS) is 1. The van der Waals surface area contributed by atoms with Crippen LogP contribution in [0.1, 0.15) is 67.0 Å². The SMILES string of the molecule is CC1(C)CCN2CCC(C)(C)c3c2c1cc1cc(/C=C(\C#N)c2ccc(-c4ccc(/C=C(\C#N)C(=O)O)s4)s2)c(=O)oc31. The number of nitriles is 2. The van der Waals surface area contributed by atoms with Gasteiger partial charge >= 0.3 is 11.6 Å². The Morgan fingerprint density at radius 3 is 2.37 bits per heavy atom. The number of carboxylic acids is 1. The number of nitrogens with zero attached hydrogens (tertiary/aromatic N) is 3. The average molecular weight is 608 g/mol. The van der Waals surface area contributed by atoms with Crippen LogP contribution in [0.15, 0.2) is 51.2 Å². The first-order valence-corrected chi connectivity index (χ1v) is 15.6. The van der Waals surface area contributed by atoms with Gasteiger partial charge in [0.25, 0.3) is 0 Å². The molecular formula is C34H29N3O4S2. The molecule has 0 amide bonds. The standard InChI is InChI=1S/C34H29N3O4S2/c1-33(2)9-11-37-12-10-34(3,4)28-29(37)24(33)16-19-13-20(32(40)41-30(19)28)14-21(17-35)25-7-8-27(43-25)26-6-5-23(42-26)15-22(18-36)31(38)39/h5-8,13-16H,9-12H2,1-4H3,(H,38,39)/b21-14+,22-15+. The van der Waals surface area contributed by atoms with E-state index in [0.717, 1.165) is 46.6 Å². The molecule has 2 aliphatic heterocycles. The maximum atomic E-state index is 13.4. The summed E-state index contributed by atoms with van der Waals surface area (Å²) in [5.41, 5.74) is 3.94. The van der Waals surface area contributed by atoms with Crippen molar-refractivity contribution in [3.8, 4) is 21.9 Å². The van der Waals surface area contributed by atoms with Crippen LogP contribution in [0.25, 0.3) is 38.4 Å². The predicted molar refractivity (Wildman–Crippen MR) is 172 cm³/mol. The molecule has 3 aromatic heterocycles. The van der Waals surface area contributed by atoms with E-state index in [2.05, 4.69) is 44.7 Å². The number of fused-ring (bicyclic) bond motifs is 2. The van der Waals surface area contributed by atoms with Gasteiger partial charge in [0, 0.05) is 49.2 Å². The van der Waals surface area contributed by atoms with Gasteiger partial charge in [-0.05, 0) is 77.8 Å². The lowest BCUT2D eigenvalue weighted by Gasteiger charge is -2.48. The molecule has 0 spiro atoms. The molecule has 43 heavy (non-hydrogen) atoms. The van der Waals surface area contributed by atoms with Gasteiger partial charge in [-0.3, -0.25) is 0 Å². The van der Waals surface area contributed by atoms with E-state index >= 15 is 0 Å². The molecule has 1 N–H and O–H groups in total. The van der Waals surface area contributed by atoms with Crippen LogP contribution in [-0.2, 0) is 15.6 Å². The monoisotopic (exact) mass is 607 g/mol. The van der Waals surface area contributed by atoms with Crippen LogP contribution in [-0.4, -0.2) is 24.2 Å². The van der Waals surface area contributed by atoms with E-state index in [1.54, 1.807) is 18.2 Å². The highest BCUT2D eigenvalue weighted by atomic mass is 32.1. The molecule has 0 saturated heterocycles. The molecule has 2 aliphatic rings. The van der Waals surface area contributed by atoms with Crippen LogP contribution in [0.4, 0.5) is 5.69 Å². The number of allylic oxidation sites excluding steroid dienone is 1. The second-order valence-electron chi connectivity index (χ2n) is 12.3. The Labute approximate surface area is 257 Å². The molecule has 5 heterocycles. The Morgan fingerprint density at radius 2 is 1.67 bits per heavy atom. The number of benzene rings is 1. The molecular weight excluding hydrogens is 579 g/mol. The van der Waals surface area contributed by atoms with E-state index in [1.165, 1.54) is 40.0 Å². The molecule has 0 atom stereocenters. The summed E-state index contributed by atoms with van der Waals surface area (Å²) in [6, 6.07) is 15.3. The summed E-state index contributed by atoms with van der Waals surface area (Å²) in [7, 11) is 0. The molecule has 0 unspecified atom stereocenters. The van der Waals surface area contributed by atoms with E-state index in [9.17, 15) is 14.9 Å². The van der Waals surface area contributed by atoms with Crippen molar-refractivity contribution in [2.45, 2.75) is 51.4 Å². The molecule has 0 fully saturated rings. The Kier molecular flexibility index (Phi) is 6.92. The van der Waals surface area contributed by atoms with Gasteiger partial charge < -0.3 is 14.4 Å². The van der Waals surface area contributed by atoms with Crippen LogP contribution in [0.3, 0.4) is 0 Å². The Bertz CT molecular complexity index is 2020. The maximum absolute atomic E-state index is 13.4. The zero-order chi connectivity index (χ0) is 30.7. The first-order valence-electron chi connectivity index (χ1n) is 14.0. The van der Waals surface area contributed by atoms with Gasteiger partial charge in [-0.25, -0.2) is 9.59 Å². The van der Waals surface area contributed by atoms with E-state index in [1.807, 2.05) is 24.3 Å².